The van der Waals surface area contributed by atoms with E-state index in [4.69, 9.17) is 16.3 Å². The molecule has 1 aromatic carbocycles. The Morgan fingerprint density at radius 1 is 1.38 bits per heavy atom. The standard InChI is InChI=1S/C19H21ClINO4/c1-11-6-15(18(24)10-26-9-12(2)23)17(22(3)19(11)25)7-13-4-5-14(21)8-16(13)20/h4-6,8,12,23H,7,9-10H2,1-3H3/t12-/m0/s1. The van der Waals surface area contributed by atoms with Crippen LogP contribution in [0.3, 0.4) is 0 Å². The minimum Gasteiger partial charge on any atom is -0.391 e. The third-order valence-corrected chi connectivity index (χ3v) is 5.01. The number of ether oxygens (including phenoxy) is 1. The van der Waals surface area contributed by atoms with E-state index >= 15 is 0 Å². The summed E-state index contributed by atoms with van der Waals surface area (Å²) in [5, 5.41) is 9.86. The van der Waals surface area contributed by atoms with Crippen LogP contribution < -0.4 is 5.56 Å². The van der Waals surface area contributed by atoms with Crippen LogP contribution >= 0.6 is 34.2 Å². The number of aliphatic hydroxyl groups is 1. The van der Waals surface area contributed by atoms with Crippen LogP contribution in [0, 0.1) is 10.5 Å². The molecule has 0 unspecified atom stereocenters. The summed E-state index contributed by atoms with van der Waals surface area (Å²) >= 11 is 8.50. The second kappa shape index (κ2) is 9.12. The predicted octanol–water partition coefficient (Wildman–Crippen LogP) is 3.12. The van der Waals surface area contributed by atoms with Crippen molar-refractivity contribution in [1.82, 2.24) is 4.57 Å². The Balaban J connectivity index is 2.41. The van der Waals surface area contributed by atoms with E-state index in [-0.39, 0.29) is 24.6 Å². The third kappa shape index (κ3) is 5.16. The number of carbonyl (C=O) groups is 1. The molecule has 0 aliphatic carbocycles. The van der Waals surface area contributed by atoms with Crippen molar-refractivity contribution in [2.45, 2.75) is 26.4 Å². The van der Waals surface area contributed by atoms with Crippen molar-refractivity contribution in [3.63, 3.8) is 0 Å². The normalized spacial score (nSPS) is 12.2. The zero-order valence-electron chi connectivity index (χ0n) is 14.9. The Hall–Kier alpha value is -1.22. The van der Waals surface area contributed by atoms with Gasteiger partial charge in [-0.1, -0.05) is 17.7 Å². The molecule has 0 amide bonds. The summed E-state index contributed by atoms with van der Waals surface area (Å²) in [6.07, 6.45) is -0.283. The molecule has 0 fully saturated rings. The molecule has 26 heavy (non-hydrogen) atoms. The van der Waals surface area contributed by atoms with Gasteiger partial charge in [-0.3, -0.25) is 9.59 Å². The first-order valence-corrected chi connectivity index (χ1v) is 9.58. The molecule has 2 rings (SSSR count). The zero-order chi connectivity index (χ0) is 19.4. The summed E-state index contributed by atoms with van der Waals surface area (Å²) in [7, 11) is 1.65. The molecular weight excluding hydrogens is 469 g/mol. The number of aryl methyl sites for hydroxylation is 1. The van der Waals surface area contributed by atoms with Crippen LogP contribution in [0.25, 0.3) is 0 Å². The van der Waals surface area contributed by atoms with E-state index < -0.39 is 6.10 Å². The van der Waals surface area contributed by atoms with Crippen LogP contribution in [0.15, 0.2) is 29.1 Å². The number of pyridine rings is 1. The topological polar surface area (TPSA) is 68.5 Å². The fourth-order valence-electron chi connectivity index (χ4n) is 2.63. The molecule has 2 aromatic rings. The quantitative estimate of drug-likeness (QED) is 0.479. The lowest BCUT2D eigenvalue weighted by molar-refractivity contribution is 0.0424. The maximum atomic E-state index is 12.6. The third-order valence-electron chi connectivity index (χ3n) is 3.98. The zero-order valence-corrected chi connectivity index (χ0v) is 17.8. The van der Waals surface area contributed by atoms with E-state index in [0.29, 0.717) is 28.3 Å². The van der Waals surface area contributed by atoms with E-state index in [9.17, 15) is 14.7 Å². The number of ketones is 1. The molecule has 5 nitrogen and oxygen atoms in total. The molecule has 1 atom stereocenters. The molecule has 0 saturated carbocycles. The van der Waals surface area contributed by atoms with Crippen molar-refractivity contribution in [3.05, 3.63) is 65.6 Å². The van der Waals surface area contributed by atoms with Gasteiger partial charge in [0.05, 0.1) is 12.7 Å². The number of halogens is 2. The minimum absolute atomic E-state index is 0.0781. The lowest BCUT2D eigenvalue weighted by atomic mass is 10.0. The van der Waals surface area contributed by atoms with Crippen LogP contribution in [0.2, 0.25) is 5.02 Å². The van der Waals surface area contributed by atoms with E-state index in [1.165, 1.54) is 4.57 Å². The van der Waals surface area contributed by atoms with Gasteiger partial charge >= 0.3 is 0 Å². The molecule has 0 aliphatic rings. The number of rotatable bonds is 7. The highest BCUT2D eigenvalue weighted by molar-refractivity contribution is 14.1. The maximum Gasteiger partial charge on any atom is 0.253 e. The summed E-state index contributed by atoms with van der Waals surface area (Å²) in [6, 6.07) is 7.28. The number of benzene rings is 1. The van der Waals surface area contributed by atoms with Gasteiger partial charge in [-0.25, -0.2) is 0 Å². The smallest absolute Gasteiger partial charge is 0.253 e. The first kappa shape index (κ1) is 21.1. The molecule has 140 valence electrons. The Morgan fingerprint density at radius 2 is 2.08 bits per heavy atom. The van der Waals surface area contributed by atoms with Crippen molar-refractivity contribution in [1.29, 1.82) is 0 Å². The van der Waals surface area contributed by atoms with E-state index in [1.807, 2.05) is 18.2 Å². The minimum atomic E-state index is -0.644. The number of hydrogen-bond donors (Lipinski definition) is 1. The summed E-state index contributed by atoms with van der Waals surface area (Å²) in [5.41, 5.74) is 2.20. The molecule has 1 heterocycles. The Kier molecular flexibility index (Phi) is 7.40. The predicted molar refractivity (Wildman–Crippen MR) is 110 cm³/mol. The lowest BCUT2D eigenvalue weighted by Gasteiger charge is -2.16. The average molecular weight is 490 g/mol. The van der Waals surface area contributed by atoms with Gasteiger partial charge in [0, 0.05) is 38.9 Å². The number of aromatic nitrogens is 1. The highest BCUT2D eigenvalue weighted by atomic mass is 127. The van der Waals surface area contributed by atoms with Crippen LogP contribution in [-0.4, -0.2) is 34.8 Å². The monoisotopic (exact) mass is 489 g/mol. The lowest BCUT2D eigenvalue weighted by Crippen LogP contribution is -2.27. The molecule has 0 radical (unpaired) electrons. The van der Waals surface area contributed by atoms with Crippen LogP contribution in [0.4, 0.5) is 0 Å². The van der Waals surface area contributed by atoms with Gasteiger partial charge in [0.25, 0.3) is 5.56 Å². The highest BCUT2D eigenvalue weighted by Crippen LogP contribution is 2.23. The molecule has 0 spiro atoms. The Bertz CT molecular complexity index is 877. The molecule has 1 N–H and O–H groups in total. The van der Waals surface area contributed by atoms with Gasteiger partial charge in [-0.2, -0.15) is 0 Å². The van der Waals surface area contributed by atoms with Gasteiger partial charge in [0.15, 0.2) is 5.78 Å². The fourth-order valence-corrected chi connectivity index (χ4v) is 3.55. The highest BCUT2D eigenvalue weighted by Gasteiger charge is 2.18. The summed E-state index contributed by atoms with van der Waals surface area (Å²) in [5.74, 6) is -0.235. The average Bonchev–Trinajstić information content (AvgIpc) is 2.56. The summed E-state index contributed by atoms with van der Waals surface area (Å²) in [4.78, 5) is 25.0. The number of aliphatic hydroxyl groups excluding tert-OH is 1. The van der Waals surface area contributed by atoms with Crippen molar-refractivity contribution in [2.75, 3.05) is 13.2 Å². The van der Waals surface area contributed by atoms with Gasteiger partial charge in [0.2, 0.25) is 0 Å². The maximum absolute atomic E-state index is 12.6. The largest absolute Gasteiger partial charge is 0.391 e. The van der Waals surface area contributed by atoms with E-state index in [1.54, 1.807) is 27.0 Å². The Morgan fingerprint density at radius 3 is 2.69 bits per heavy atom. The molecule has 7 heteroatoms. The van der Waals surface area contributed by atoms with Crippen LogP contribution in [0.1, 0.15) is 34.1 Å². The summed E-state index contributed by atoms with van der Waals surface area (Å²) in [6.45, 7) is 3.19. The second-order valence-electron chi connectivity index (χ2n) is 6.25. The second-order valence-corrected chi connectivity index (χ2v) is 7.90. The van der Waals surface area contributed by atoms with Crippen LogP contribution in [0.5, 0.6) is 0 Å². The number of Topliss-reactive ketones (excluding diaryl/α,β-unsaturated/α-hetero) is 1. The molecular formula is C19H21ClINO4. The van der Waals surface area contributed by atoms with Gasteiger partial charge < -0.3 is 14.4 Å². The van der Waals surface area contributed by atoms with Gasteiger partial charge in [-0.15, -0.1) is 0 Å². The van der Waals surface area contributed by atoms with Crippen LogP contribution in [-0.2, 0) is 18.2 Å². The van der Waals surface area contributed by atoms with Crippen molar-refractivity contribution < 1.29 is 14.6 Å². The van der Waals surface area contributed by atoms with Crippen molar-refractivity contribution >= 4 is 40.0 Å². The SMILES string of the molecule is Cc1cc(C(=O)COC[C@H](C)O)c(Cc2ccc(I)cc2Cl)n(C)c1=O. The van der Waals surface area contributed by atoms with E-state index in [0.717, 1.165) is 9.13 Å². The molecule has 1 aromatic heterocycles. The number of nitrogens with zero attached hydrogens (tertiary/aromatic N) is 1. The molecule has 0 bridgehead atoms. The van der Waals surface area contributed by atoms with Crippen molar-refractivity contribution in [2.24, 2.45) is 7.05 Å². The number of hydrogen-bond acceptors (Lipinski definition) is 4. The molecule has 0 saturated heterocycles. The number of carbonyl (C=O) groups excluding carboxylic acids is 1. The molecule has 0 aliphatic heterocycles. The first-order valence-electron chi connectivity index (χ1n) is 8.13. The Labute approximate surface area is 171 Å². The van der Waals surface area contributed by atoms with Crippen molar-refractivity contribution in [3.8, 4) is 0 Å². The van der Waals surface area contributed by atoms with E-state index in [2.05, 4.69) is 22.6 Å². The fraction of sp³-hybridized carbons (Fsp3) is 0.368. The first-order chi connectivity index (χ1) is 12.2. The van der Waals surface area contributed by atoms with Gasteiger partial charge in [0.1, 0.15) is 6.61 Å². The summed E-state index contributed by atoms with van der Waals surface area (Å²) < 4.78 is 7.75. The van der Waals surface area contributed by atoms with Gasteiger partial charge in [-0.05, 0) is 60.2 Å².